The average Bonchev–Trinajstić information content (AvgIpc) is 2.19. The monoisotopic (exact) mass is 240 g/mol. The van der Waals surface area contributed by atoms with Gasteiger partial charge in [-0.2, -0.15) is 0 Å². The number of amides is 1. The lowest BCUT2D eigenvalue weighted by atomic mass is 9.64. The number of carbonyl (C=O) groups excluding carboxylic acids is 1. The molecule has 1 saturated carbocycles. The quantitative estimate of drug-likeness (QED) is 0.748. The van der Waals surface area contributed by atoms with E-state index in [0.29, 0.717) is 11.3 Å². The summed E-state index contributed by atoms with van der Waals surface area (Å²) in [5.41, 5.74) is 6.12. The van der Waals surface area contributed by atoms with Crippen molar-refractivity contribution in [3.05, 3.63) is 0 Å². The van der Waals surface area contributed by atoms with Gasteiger partial charge in [0.15, 0.2) is 0 Å². The van der Waals surface area contributed by atoms with Crippen molar-refractivity contribution >= 4 is 5.91 Å². The van der Waals surface area contributed by atoms with Gasteiger partial charge in [-0.3, -0.25) is 4.79 Å². The Morgan fingerprint density at radius 1 is 1.29 bits per heavy atom. The first-order valence-electron chi connectivity index (χ1n) is 6.89. The van der Waals surface area contributed by atoms with E-state index in [1.165, 1.54) is 25.7 Å². The number of rotatable bonds is 6. The zero-order valence-corrected chi connectivity index (χ0v) is 11.8. The van der Waals surface area contributed by atoms with Crippen LogP contribution in [0.1, 0.15) is 53.4 Å². The van der Waals surface area contributed by atoms with Gasteiger partial charge in [0.25, 0.3) is 0 Å². The molecule has 1 fully saturated rings. The van der Waals surface area contributed by atoms with Crippen molar-refractivity contribution < 1.29 is 4.79 Å². The third-order valence-electron chi connectivity index (χ3n) is 4.10. The minimum Gasteiger partial charge on any atom is -0.355 e. The number of nitrogens with two attached hydrogens (primary N) is 1. The maximum atomic E-state index is 11.9. The molecule has 0 aromatic rings. The Morgan fingerprint density at radius 2 is 1.88 bits per heavy atom. The summed E-state index contributed by atoms with van der Waals surface area (Å²) in [6, 6.07) is -0.0718. The fourth-order valence-electron chi connectivity index (χ4n) is 2.67. The van der Waals surface area contributed by atoms with Crippen LogP contribution < -0.4 is 11.1 Å². The molecule has 1 aliphatic rings. The summed E-state index contributed by atoms with van der Waals surface area (Å²) >= 11 is 0. The Kier molecular flexibility index (Phi) is 4.99. The highest BCUT2D eigenvalue weighted by Crippen LogP contribution is 2.45. The molecule has 0 saturated heterocycles. The number of hydrogen-bond acceptors (Lipinski definition) is 2. The molecule has 2 unspecified atom stereocenters. The van der Waals surface area contributed by atoms with Crippen LogP contribution in [0.25, 0.3) is 0 Å². The normalized spacial score (nSPS) is 21.8. The van der Waals surface area contributed by atoms with E-state index in [4.69, 9.17) is 5.73 Å². The number of nitrogens with one attached hydrogen (secondary N) is 1. The maximum absolute atomic E-state index is 11.9. The van der Waals surface area contributed by atoms with Crippen LogP contribution in [0.3, 0.4) is 0 Å². The minimum absolute atomic E-state index is 0.0718. The van der Waals surface area contributed by atoms with E-state index in [0.717, 1.165) is 6.54 Å². The lowest BCUT2D eigenvalue weighted by Crippen LogP contribution is -2.46. The van der Waals surface area contributed by atoms with E-state index in [1.54, 1.807) is 0 Å². The first-order chi connectivity index (χ1) is 7.86. The van der Waals surface area contributed by atoms with Crippen molar-refractivity contribution in [3.63, 3.8) is 0 Å². The standard InChI is InChI=1S/C14H28N2O/c1-10(2)8-14(6-5-7-14)9-16-13(17)11(3)12(4)15/h10-12H,5-9,15H2,1-4H3,(H,16,17). The highest BCUT2D eigenvalue weighted by molar-refractivity contribution is 5.78. The number of carbonyl (C=O) groups is 1. The van der Waals surface area contributed by atoms with Gasteiger partial charge in [-0.05, 0) is 37.5 Å². The van der Waals surface area contributed by atoms with Crippen molar-refractivity contribution in [1.29, 1.82) is 0 Å². The largest absolute Gasteiger partial charge is 0.355 e. The van der Waals surface area contributed by atoms with Gasteiger partial charge in [0, 0.05) is 18.5 Å². The fourth-order valence-corrected chi connectivity index (χ4v) is 2.67. The molecular weight excluding hydrogens is 212 g/mol. The molecule has 0 spiro atoms. The van der Waals surface area contributed by atoms with Gasteiger partial charge in [-0.25, -0.2) is 0 Å². The topological polar surface area (TPSA) is 55.1 Å². The Morgan fingerprint density at radius 3 is 2.24 bits per heavy atom. The SMILES string of the molecule is CC(C)CC1(CNC(=O)C(C)C(C)N)CCC1. The molecule has 0 heterocycles. The Bertz CT molecular complexity index is 257. The van der Waals surface area contributed by atoms with E-state index < -0.39 is 0 Å². The van der Waals surface area contributed by atoms with Crippen molar-refractivity contribution in [1.82, 2.24) is 5.32 Å². The van der Waals surface area contributed by atoms with Crippen LogP contribution in [0.15, 0.2) is 0 Å². The molecule has 3 N–H and O–H groups in total. The van der Waals surface area contributed by atoms with Crippen LogP contribution >= 0.6 is 0 Å². The van der Waals surface area contributed by atoms with Gasteiger partial charge in [-0.15, -0.1) is 0 Å². The Hall–Kier alpha value is -0.570. The molecule has 2 atom stereocenters. The predicted octanol–water partition coefficient (Wildman–Crippen LogP) is 2.30. The molecule has 1 amide bonds. The van der Waals surface area contributed by atoms with E-state index in [-0.39, 0.29) is 17.9 Å². The van der Waals surface area contributed by atoms with Crippen LogP contribution in [0, 0.1) is 17.3 Å². The number of hydrogen-bond donors (Lipinski definition) is 2. The zero-order valence-electron chi connectivity index (χ0n) is 11.8. The molecular formula is C14H28N2O. The maximum Gasteiger partial charge on any atom is 0.224 e. The lowest BCUT2D eigenvalue weighted by Gasteiger charge is -2.43. The van der Waals surface area contributed by atoms with Crippen molar-refractivity contribution in [2.24, 2.45) is 23.0 Å². The summed E-state index contributed by atoms with van der Waals surface area (Å²) in [5, 5.41) is 3.09. The molecule has 0 radical (unpaired) electrons. The van der Waals surface area contributed by atoms with Crippen molar-refractivity contribution in [2.45, 2.75) is 59.4 Å². The van der Waals surface area contributed by atoms with Crippen LogP contribution in [-0.2, 0) is 4.79 Å². The summed E-state index contributed by atoms with van der Waals surface area (Å²) in [7, 11) is 0. The van der Waals surface area contributed by atoms with Gasteiger partial charge in [0.2, 0.25) is 5.91 Å². The second-order valence-corrected chi connectivity index (χ2v) is 6.32. The average molecular weight is 240 g/mol. The highest BCUT2D eigenvalue weighted by atomic mass is 16.1. The van der Waals surface area contributed by atoms with E-state index in [9.17, 15) is 4.79 Å². The van der Waals surface area contributed by atoms with E-state index in [2.05, 4.69) is 19.2 Å². The molecule has 1 aliphatic carbocycles. The Labute approximate surface area is 106 Å². The van der Waals surface area contributed by atoms with Gasteiger partial charge < -0.3 is 11.1 Å². The van der Waals surface area contributed by atoms with Gasteiger partial charge >= 0.3 is 0 Å². The minimum atomic E-state index is -0.0915. The summed E-state index contributed by atoms with van der Waals surface area (Å²) in [6.07, 6.45) is 5.06. The molecule has 0 aliphatic heterocycles. The molecule has 0 bridgehead atoms. The zero-order chi connectivity index (χ0) is 13.1. The molecule has 1 rings (SSSR count). The second-order valence-electron chi connectivity index (χ2n) is 6.32. The van der Waals surface area contributed by atoms with Crippen molar-refractivity contribution in [3.8, 4) is 0 Å². The third-order valence-corrected chi connectivity index (χ3v) is 4.10. The summed E-state index contributed by atoms with van der Waals surface area (Å²) in [5.74, 6) is 0.722. The third kappa shape index (κ3) is 3.98. The van der Waals surface area contributed by atoms with Gasteiger partial charge in [0.05, 0.1) is 0 Å². The smallest absolute Gasteiger partial charge is 0.224 e. The Balaban J connectivity index is 2.40. The molecule has 3 heteroatoms. The van der Waals surface area contributed by atoms with Crippen LogP contribution in [0.2, 0.25) is 0 Å². The molecule has 3 nitrogen and oxygen atoms in total. The first kappa shape index (κ1) is 14.5. The molecule has 100 valence electrons. The van der Waals surface area contributed by atoms with Gasteiger partial charge in [0.1, 0.15) is 0 Å². The molecule has 17 heavy (non-hydrogen) atoms. The second kappa shape index (κ2) is 5.85. The van der Waals surface area contributed by atoms with E-state index >= 15 is 0 Å². The highest BCUT2D eigenvalue weighted by Gasteiger charge is 2.37. The summed E-state index contributed by atoms with van der Waals surface area (Å²) in [4.78, 5) is 11.9. The van der Waals surface area contributed by atoms with Crippen molar-refractivity contribution in [2.75, 3.05) is 6.54 Å². The predicted molar refractivity (Wildman–Crippen MR) is 71.6 cm³/mol. The van der Waals surface area contributed by atoms with Crippen LogP contribution in [0.5, 0.6) is 0 Å². The molecule has 0 aromatic heterocycles. The van der Waals surface area contributed by atoms with Crippen LogP contribution in [-0.4, -0.2) is 18.5 Å². The van der Waals surface area contributed by atoms with Gasteiger partial charge in [-0.1, -0.05) is 27.2 Å². The summed E-state index contributed by atoms with van der Waals surface area (Å²) < 4.78 is 0. The lowest BCUT2D eigenvalue weighted by molar-refractivity contribution is -0.126. The molecule has 0 aromatic carbocycles. The summed E-state index contributed by atoms with van der Waals surface area (Å²) in [6.45, 7) is 9.13. The van der Waals surface area contributed by atoms with E-state index in [1.807, 2.05) is 13.8 Å². The first-order valence-corrected chi connectivity index (χ1v) is 6.89. The fraction of sp³-hybridized carbons (Fsp3) is 0.929. The van der Waals surface area contributed by atoms with Crippen LogP contribution in [0.4, 0.5) is 0 Å².